The average Bonchev–Trinajstić information content (AvgIpc) is 3.24. The summed E-state index contributed by atoms with van der Waals surface area (Å²) >= 11 is 3.31. The van der Waals surface area contributed by atoms with Gasteiger partial charge in [0, 0.05) is 40.7 Å². The van der Waals surface area contributed by atoms with E-state index < -0.39 is 10.0 Å². The Morgan fingerprint density at radius 2 is 1.57 bits per heavy atom. The van der Waals surface area contributed by atoms with Gasteiger partial charge in [0.15, 0.2) is 0 Å². The summed E-state index contributed by atoms with van der Waals surface area (Å²) in [5.41, 5.74) is 2.15. The van der Waals surface area contributed by atoms with Crippen LogP contribution < -0.4 is 14.9 Å². The monoisotopic (exact) mass is 487 g/mol. The predicted molar refractivity (Wildman–Crippen MR) is 123 cm³/mol. The molecule has 2 N–H and O–H groups in total. The molecule has 0 aliphatic carbocycles. The van der Waals surface area contributed by atoms with Gasteiger partial charge in [-0.1, -0.05) is 15.9 Å². The molecule has 1 fully saturated rings. The third-order valence-electron chi connectivity index (χ3n) is 4.79. The van der Waals surface area contributed by atoms with Crippen molar-refractivity contribution >= 4 is 49.1 Å². The Bertz CT molecular complexity index is 1130. The lowest BCUT2D eigenvalue weighted by molar-refractivity contribution is 0.601. The Kier molecular flexibility index (Phi) is 5.92. The Morgan fingerprint density at radius 1 is 0.933 bits per heavy atom. The fourth-order valence-electron chi connectivity index (χ4n) is 3.29. The van der Waals surface area contributed by atoms with Gasteiger partial charge in [-0.05, 0) is 68.3 Å². The first-order valence-electron chi connectivity index (χ1n) is 9.65. The molecular weight excluding hydrogens is 466 g/mol. The molecule has 1 aliphatic rings. The van der Waals surface area contributed by atoms with Gasteiger partial charge < -0.3 is 10.2 Å². The first-order chi connectivity index (χ1) is 14.4. The van der Waals surface area contributed by atoms with E-state index in [9.17, 15) is 8.42 Å². The number of halogens is 1. The van der Waals surface area contributed by atoms with Crippen molar-refractivity contribution in [2.45, 2.75) is 24.7 Å². The number of rotatable bonds is 6. The minimum absolute atomic E-state index is 0.204. The number of aromatic nitrogens is 2. The number of hydrogen-bond donors (Lipinski definition) is 2. The molecule has 3 aromatic rings. The van der Waals surface area contributed by atoms with Crippen molar-refractivity contribution in [3.8, 4) is 0 Å². The van der Waals surface area contributed by atoms with E-state index in [2.05, 4.69) is 40.8 Å². The molecule has 1 aromatic heterocycles. The highest BCUT2D eigenvalue weighted by Crippen LogP contribution is 2.23. The molecule has 4 rings (SSSR count). The van der Waals surface area contributed by atoms with Gasteiger partial charge >= 0.3 is 0 Å². The number of sulfonamides is 1. The molecule has 1 aliphatic heterocycles. The zero-order valence-electron chi connectivity index (χ0n) is 16.5. The molecule has 156 valence electrons. The second-order valence-corrected chi connectivity index (χ2v) is 9.75. The Morgan fingerprint density at radius 3 is 2.23 bits per heavy atom. The summed E-state index contributed by atoms with van der Waals surface area (Å²) in [7, 11) is -3.64. The minimum atomic E-state index is -3.64. The molecule has 30 heavy (non-hydrogen) atoms. The van der Waals surface area contributed by atoms with E-state index in [1.54, 1.807) is 48.5 Å². The molecule has 0 radical (unpaired) electrons. The molecule has 2 aromatic carbocycles. The molecule has 9 heteroatoms. The number of nitrogens with one attached hydrogen (secondary N) is 2. The van der Waals surface area contributed by atoms with Gasteiger partial charge in [0.1, 0.15) is 5.82 Å². The van der Waals surface area contributed by atoms with Crippen LogP contribution in [0.2, 0.25) is 0 Å². The van der Waals surface area contributed by atoms with E-state index in [-0.39, 0.29) is 4.90 Å². The maximum atomic E-state index is 12.5. The summed E-state index contributed by atoms with van der Waals surface area (Å²) in [5, 5.41) is 3.21. The topological polar surface area (TPSA) is 87.2 Å². The van der Waals surface area contributed by atoms with Gasteiger partial charge in [-0.25, -0.2) is 13.4 Å². The van der Waals surface area contributed by atoms with Crippen molar-refractivity contribution in [1.29, 1.82) is 0 Å². The summed E-state index contributed by atoms with van der Waals surface area (Å²) in [5.74, 6) is 1.46. The van der Waals surface area contributed by atoms with Crippen LogP contribution in [0, 0.1) is 6.92 Å². The first kappa shape index (κ1) is 20.6. The zero-order valence-corrected chi connectivity index (χ0v) is 18.9. The highest BCUT2D eigenvalue weighted by Gasteiger charge is 2.16. The second kappa shape index (κ2) is 8.61. The molecular formula is C21H22BrN5O2S. The maximum Gasteiger partial charge on any atom is 0.261 e. The maximum absolute atomic E-state index is 12.5. The van der Waals surface area contributed by atoms with Crippen molar-refractivity contribution in [3.63, 3.8) is 0 Å². The molecule has 0 spiro atoms. The predicted octanol–water partition coefficient (Wildman–Crippen LogP) is 4.69. The largest absolute Gasteiger partial charge is 0.356 e. The third-order valence-corrected chi connectivity index (χ3v) is 6.71. The van der Waals surface area contributed by atoms with Crippen molar-refractivity contribution in [2.24, 2.45) is 0 Å². The van der Waals surface area contributed by atoms with Crippen LogP contribution in [0.4, 0.5) is 23.1 Å². The average molecular weight is 488 g/mol. The van der Waals surface area contributed by atoms with Crippen LogP contribution in [-0.4, -0.2) is 31.5 Å². The van der Waals surface area contributed by atoms with Crippen LogP contribution in [0.5, 0.6) is 0 Å². The van der Waals surface area contributed by atoms with E-state index in [0.29, 0.717) is 11.6 Å². The van der Waals surface area contributed by atoms with Crippen molar-refractivity contribution in [3.05, 3.63) is 64.8 Å². The van der Waals surface area contributed by atoms with Crippen LogP contribution in [0.15, 0.2) is 64.0 Å². The lowest BCUT2D eigenvalue weighted by Crippen LogP contribution is -2.19. The molecule has 0 saturated carbocycles. The summed E-state index contributed by atoms with van der Waals surface area (Å²) in [6.45, 7) is 3.98. The molecule has 0 bridgehead atoms. The lowest BCUT2D eigenvalue weighted by Gasteiger charge is -2.17. The van der Waals surface area contributed by atoms with Gasteiger partial charge in [0.2, 0.25) is 5.95 Å². The Balaban J connectivity index is 1.47. The second-order valence-electron chi connectivity index (χ2n) is 7.15. The smallest absolute Gasteiger partial charge is 0.261 e. The highest BCUT2D eigenvalue weighted by atomic mass is 79.9. The summed E-state index contributed by atoms with van der Waals surface area (Å²) in [6, 6.07) is 15.5. The van der Waals surface area contributed by atoms with E-state index >= 15 is 0 Å². The summed E-state index contributed by atoms with van der Waals surface area (Å²) in [6.07, 6.45) is 2.37. The van der Waals surface area contributed by atoms with Gasteiger partial charge in [-0.2, -0.15) is 4.98 Å². The van der Waals surface area contributed by atoms with Crippen LogP contribution in [0.25, 0.3) is 0 Å². The van der Waals surface area contributed by atoms with Gasteiger partial charge in [0.25, 0.3) is 10.0 Å². The van der Waals surface area contributed by atoms with Crippen LogP contribution in [-0.2, 0) is 10.0 Å². The molecule has 0 amide bonds. The Hall–Kier alpha value is -2.65. The minimum Gasteiger partial charge on any atom is -0.356 e. The third kappa shape index (κ3) is 4.91. The molecule has 2 heterocycles. The van der Waals surface area contributed by atoms with Crippen LogP contribution in [0.3, 0.4) is 0 Å². The highest BCUT2D eigenvalue weighted by molar-refractivity contribution is 9.10. The first-order valence-corrected chi connectivity index (χ1v) is 11.9. The summed E-state index contributed by atoms with van der Waals surface area (Å²) < 4.78 is 28.5. The fourth-order valence-corrected chi connectivity index (χ4v) is 4.62. The van der Waals surface area contributed by atoms with Crippen molar-refractivity contribution < 1.29 is 8.42 Å². The SMILES string of the molecule is Cc1cc(N2CCCC2)nc(Nc2ccc(NS(=O)(=O)c3ccc(Br)cc3)cc2)n1. The fraction of sp³-hybridized carbons (Fsp3) is 0.238. The van der Waals surface area contributed by atoms with Crippen molar-refractivity contribution in [1.82, 2.24) is 9.97 Å². The van der Waals surface area contributed by atoms with Crippen molar-refractivity contribution in [2.75, 3.05) is 28.0 Å². The number of benzene rings is 2. The van der Waals surface area contributed by atoms with Gasteiger partial charge in [-0.3, -0.25) is 4.72 Å². The summed E-state index contributed by atoms with van der Waals surface area (Å²) in [4.78, 5) is 11.6. The van der Waals surface area contributed by atoms with Crippen LogP contribution in [0.1, 0.15) is 18.5 Å². The quantitative estimate of drug-likeness (QED) is 0.524. The molecule has 0 unspecified atom stereocenters. The lowest BCUT2D eigenvalue weighted by atomic mass is 10.3. The van der Waals surface area contributed by atoms with E-state index in [1.807, 2.05) is 13.0 Å². The van der Waals surface area contributed by atoms with Crippen LogP contribution >= 0.6 is 15.9 Å². The zero-order chi connectivity index (χ0) is 21.1. The molecule has 1 saturated heterocycles. The molecule has 0 atom stereocenters. The van der Waals surface area contributed by atoms with Gasteiger partial charge in [-0.15, -0.1) is 0 Å². The van der Waals surface area contributed by atoms with Gasteiger partial charge in [0.05, 0.1) is 4.90 Å². The van der Waals surface area contributed by atoms with E-state index in [4.69, 9.17) is 0 Å². The molecule has 7 nitrogen and oxygen atoms in total. The Labute approximate surface area is 184 Å². The number of anilines is 4. The standard InChI is InChI=1S/C21H22BrN5O2S/c1-15-14-20(27-12-2-3-13-27)25-21(23-15)24-17-6-8-18(9-7-17)26-30(28,29)19-10-4-16(22)5-11-19/h4-11,14,26H,2-3,12-13H2,1H3,(H,23,24,25). The number of aryl methyl sites for hydroxylation is 1. The van der Waals surface area contributed by atoms with E-state index in [1.165, 1.54) is 12.8 Å². The normalized spacial score (nSPS) is 14.0. The van der Waals surface area contributed by atoms with E-state index in [0.717, 1.165) is 34.8 Å². The number of nitrogens with zero attached hydrogens (tertiary/aromatic N) is 3. The number of hydrogen-bond acceptors (Lipinski definition) is 6.